The van der Waals surface area contributed by atoms with Crippen LogP contribution in [0.5, 0.6) is 5.75 Å². The van der Waals surface area contributed by atoms with Crippen LogP contribution in [0.15, 0.2) is 22.7 Å². The maximum absolute atomic E-state index is 11.9. The van der Waals surface area contributed by atoms with Crippen molar-refractivity contribution in [1.82, 2.24) is 0 Å². The zero-order chi connectivity index (χ0) is 11.5. The smallest absolute Gasteiger partial charge is 0.422 e. The van der Waals surface area contributed by atoms with E-state index in [4.69, 9.17) is 5.73 Å². The molecule has 0 atom stereocenters. The van der Waals surface area contributed by atoms with Gasteiger partial charge in [0.25, 0.3) is 0 Å². The minimum atomic E-state index is -4.33. The molecule has 1 aromatic rings. The van der Waals surface area contributed by atoms with Gasteiger partial charge in [0.15, 0.2) is 6.61 Å². The van der Waals surface area contributed by atoms with Crippen molar-refractivity contribution in [1.29, 1.82) is 0 Å². The topological polar surface area (TPSA) is 35.2 Å². The fraction of sp³-hybridized carbons (Fsp3) is 0.333. The summed E-state index contributed by atoms with van der Waals surface area (Å²) in [4.78, 5) is 0. The summed E-state index contributed by atoms with van der Waals surface area (Å²) in [6.45, 7) is -1.05. The second-order valence-electron chi connectivity index (χ2n) is 2.90. The summed E-state index contributed by atoms with van der Waals surface area (Å²) >= 11 is 3.16. The number of hydrogen-bond acceptors (Lipinski definition) is 2. The highest BCUT2D eigenvalue weighted by molar-refractivity contribution is 9.10. The van der Waals surface area contributed by atoms with Crippen molar-refractivity contribution in [3.05, 3.63) is 28.2 Å². The number of halogens is 5. The minimum absolute atomic E-state index is 0. The molecule has 0 amide bonds. The van der Waals surface area contributed by atoms with Gasteiger partial charge in [0.2, 0.25) is 0 Å². The zero-order valence-electron chi connectivity index (χ0n) is 8.05. The van der Waals surface area contributed by atoms with Crippen LogP contribution in [0, 0.1) is 0 Å². The predicted molar refractivity (Wildman–Crippen MR) is 60.8 cm³/mol. The molecule has 0 aromatic heterocycles. The summed E-state index contributed by atoms with van der Waals surface area (Å²) in [5, 5.41) is 0. The van der Waals surface area contributed by atoms with Crippen molar-refractivity contribution < 1.29 is 17.9 Å². The third kappa shape index (κ3) is 5.58. The summed E-state index contributed by atoms with van der Waals surface area (Å²) in [7, 11) is 0. The van der Waals surface area contributed by atoms with E-state index >= 15 is 0 Å². The minimum Gasteiger partial charge on any atom is -0.484 e. The zero-order valence-corrected chi connectivity index (χ0v) is 10.5. The Bertz CT molecular complexity index is 346. The fourth-order valence-corrected chi connectivity index (χ4v) is 1.51. The van der Waals surface area contributed by atoms with Crippen LogP contribution in [0.25, 0.3) is 0 Å². The Kier molecular flexibility index (Phi) is 6.14. The Morgan fingerprint density at radius 2 is 1.88 bits per heavy atom. The maximum Gasteiger partial charge on any atom is 0.422 e. The van der Waals surface area contributed by atoms with E-state index < -0.39 is 12.8 Å². The molecule has 0 unspecified atom stereocenters. The molecule has 0 radical (unpaired) electrons. The molecule has 2 N–H and O–H groups in total. The van der Waals surface area contributed by atoms with Gasteiger partial charge in [0.05, 0.1) is 0 Å². The highest BCUT2D eigenvalue weighted by atomic mass is 79.9. The Morgan fingerprint density at radius 1 is 1.25 bits per heavy atom. The lowest BCUT2D eigenvalue weighted by molar-refractivity contribution is -0.153. The first kappa shape index (κ1) is 15.5. The van der Waals surface area contributed by atoms with E-state index in [1.165, 1.54) is 12.1 Å². The number of rotatable bonds is 3. The van der Waals surface area contributed by atoms with Crippen LogP contribution in [0.4, 0.5) is 13.2 Å². The van der Waals surface area contributed by atoms with Gasteiger partial charge in [0, 0.05) is 11.0 Å². The van der Waals surface area contributed by atoms with Crippen LogP contribution >= 0.6 is 28.3 Å². The van der Waals surface area contributed by atoms with E-state index in [1.807, 2.05) is 0 Å². The first-order chi connectivity index (χ1) is 6.90. The molecule has 7 heteroatoms. The van der Waals surface area contributed by atoms with Gasteiger partial charge in [-0.05, 0) is 23.8 Å². The average Bonchev–Trinajstić information content (AvgIpc) is 2.13. The van der Waals surface area contributed by atoms with Crippen LogP contribution in [-0.2, 0) is 6.54 Å². The maximum atomic E-state index is 11.9. The predicted octanol–water partition coefficient (Wildman–Crippen LogP) is 3.27. The van der Waals surface area contributed by atoms with Gasteiger partial charge >= 0.3 is 6.18 Å². The van der Waals surface area contributed by atoms with E-state index in [0.717, 1.165) is 0 Å². The molecule has 2 nitrogen and oxygen atoms in total. The molecule has 0 aliphatic carbocycles. The van der Waals surface area contributed by atoms with Crippen LogP contribution in [0.2, 0.25) is 0 Å². The average molecular weight is 321 g/mol. The highest BCUT2D eigenvalue weighted by Crippen LogP contribution is 2.23. The molecule has 0 bridgehead atoms. The third-order valence-electron chi connectivity index (χ3n) is 1.57. The van der Waals surface area contributed by atoms with Crippen LogP contribution in [-0.4, -0.2) is 12.8 Å². The van der Waals surface area contributed by atoms with E-state index in [9.17, 15) is 13.2 Å². The first-order valence-corrected chi connectivity index (χ1v) is 4.89. The number of hydrogen-bond donors (Lipinski definition) is 1. The molecule has 0 aliphatic rings. The molecule has 0 saturated carbocycles. The number of alkyl halides is 3. The third-order valence-corrected chi connectivity index (χ3v) is 2.03. The molecule has 0 aliphatic heterocycles. The lowest BCUT2D eigenvalue weighted by atomic mass is 10.2. The number of ether oxygens (including phenoxy) is 1. The highest BCUT2D eigenvalue weighted by Gasteiger charge is 2.28. The lowest BCUT2D eigenvalue weighted by Crippen LogP contribution is -2.19. The van der Waals surface area contributed by atoms with Gasteiger partial charge in [-0.25, -0.2) is 0 Å². The standard InChI is InChI=1S/C9H9BrF3NO.ClH/c10-7-1-6(4-14)2-8(3-7)15-5-9(11,12)13;/h1-3H,4-5,14H2;1H. The van der Waals surface area contributed by atoms with Gasteiger partial charge in [-0.15, -0.1) is 12.4 Å². The molecular formula is C9H10BrClF3NO. The van der Waals surface area contributed by atoms with Crippen molar-refractivity contribution in [2.45, 2.75) is 12.7 Å². The van der Waals surface area contributed by atoms with Crippen LogP contribution in [0.1, 0.15) is 5.56 Å². The molecule has 92 valence electrons. The normalized spacial score (nSPS) is 10.8. The van der Waals surface area contributed by atoms with Crippen molar-refractivity contribution in [3.63, 3.8) is 0 Å². The molecule has 16 heavy (non-hydrogen) atoms. The Hall–Kier alpha value is -0.460. The monoisotopic (exact) mass is 319 g/mol. The number of nitrogens with two attached hydrogens (primary N) is 1. The van der Waals surface area contributed by atoms with Gasteiger partial charge in [0.1, 0.15) is 5.75 Å². The van der Waals surface area contributed by atoms with E-state index in [1.54, 1.807) is 6.07 Å². The Morgan fingerprint density at radius 3 is 2.38 bits per heavy atom. The van der Waals surface area contributed by atoms with Gasteiger partial charge in [-0.1, -0.05) is 15.9 Å². The molecular weight excluding hydrogens is 310 g/mol. The van der Waals surface area contributed by atoms with Crippen LogP contribution < -0.4 is 10.5 Å². The van der Waals surface area contributed by atoms with E-state index in [0.29, 0.717) is 10.0 Å². The lowest BCUT2D eigenvalue weighted by Gasteiger charge is -2.10. The Balaban J connectivity index is 0.00000225. The SMILES string of the molecule is Cl.NCc1cc(Br)cc(OCC(F)(F)F)c1. The van der Waals surface area contributed by atoms with E-state index in [-0.39, 0.29) is 24.7 Å². The van der Waals surface area contributed by atoms with Crippen molar-refractivity contribution in [2.75, 3.05) is 6.61 Å². The summed E-state index contributed by atoms with van der Waals surface area (Å²) < 4.78 is 40.8. The van der Waals surface area contributed by atoms with Crippen molar-refractivity contribution >= 4 is 28.3 Å². The summed E-state index contributed by atoms with van der Waals surface area (Å²) in [5.74, 6) is 0.155. The molecule has 0 heterocycles. The van der Waals surface area contributed by atoms with Crippen LogP contribution in [0.3, 0.4) is 0 Å². The van der Waals surface area contributed by atoms with Gasteiger partial charge < -0.3 is 10.5 Å². The number of benzene rings is 1. The largest absolute Gasteiger partial charge is 0.484 e. The molecule has 0 fully saturated rings. The summed E-state index contributed by atoms with van der Waals surface area (Å²) in [5.41, 5.74) is 6.08. The molecule has 0 spiro atoms. The Labute approximate surface area is 105 Å². The first-order valence-electron chi connectivity index (χ1n) is 4.10. The fourth-order valence-electron chi connectivity index (χ4n) is 0.987. The summed E-state index contributed by atoms with van der Waals surface area (Å²) in [6, 6.07) is 4.67. The second kappa shape index (κ2) is 6.32. The van der Waals surface area contributed by atoms with Gasteiger partial charge in [-0.3, -0.25) is 0 Å². The van der Waals surface area contributed by atoms with E-state index in [2.05, 4.69) is 20.7 Å². The quantitative estimate of drug-likeness (QED) is 0.928. The molecule has 1 aromatic carbocycles. The van der Waals surface area contributed by atoms with Crippen molar-refractivity contribution in [3.8, 4) is 5.75 Å². The van der Waals surface area contributed by atoms with Crippen molar-refractivity contribution in [2.24, 2.45) is 5.73 Å². The molecule has 0 saturated heterocycles. The van der Waals surface area contributed by atoms with Gasteiger partial charge in [-0.2, -0.15) is 13.2 Å². The summed E-state index contributed by atoms with van der Waals surface area (Å²) in [6.07, 6.45) is -4.33. The second-order valence-corrected chi connectivity index (χ2v) is 3.82. The molecule has 1 rings (SSSR count).